The molecule has 1 saturated carbocycles. The average molecular weight is 312 g/mol. The van der Waals surface area contributed by atoms with Crippen LogP contribution in [-0.2, 0) is 0 Å². The van der Waals surface area contributed by atoms with Crippen molar-refractivity contribution < 1.29 is 9.84 Å². The number of hydrogen-bond donors (Lipinski definition) is 1. The highest BCUT2D eigenvalue weighted by atomic mass is 35.5. The molecule has 3 unspecified atom stereocenters. The Balaban J connectivity index is 2.32. The second-order valence-electron chi connectivity index (χ2n) is 6.29. The number of methoxy groups -OCH3 is 1. The fourth-order valence-corrected chi connectivity index (χ4v) is 3.70. The molecule has 0 amide bonds. The number of alkyl halides is 1. The van der Waals surface area contributed by atoms with Crippen molar-refractivity contribution in [3.63, 3.8) is 0 Å². The lowest BCUT2D eigenvalue weighted by Crippen LogP contribution is -2.50. The van der Waals surface area contributed by atoms with Crippen LogP contribution in [-0.4, -0.2) is 48.7 Å². The van der Waals surface area contributed by atoms with Gasteiger partial charge in [0.15, 0.2) is 0 Å². The topological polar surface area (TPSA) is 32.7 Å². The third-order valence-corrected chi connectivity index (χ3v) is 5.09. The van der Waals surface area contributed by atoms with Crippen LogP contribution in [0.3, 0.4) is 0 Å². The Labute approximate surface area is 132 Å². The fraction of sp³-hybridized carbons (Fsp3) is 0.647. The van der Waals surface area contributed by atoms with Gasteiger partial charge in [0.1, 0.15) is 5.75 Å². The van der Waals surface area contributed by atoms with E-state index in [4.69, 9.17) is 16.3 Å². The Hall–Kier alpha value is -0.770. The van der Waals surface area contributed by atoms with E-state index in [9.17, 15) is 5.11 Å². The SMILES string of the molecule is COc1ccc(C(CN(C)C)C2(O)CCCCC2Cl)cc1. The number of nitrogens with zero attached hydrogens (tertiary/aromatic N) is 1. The highest BCUT2D eigenvalue weighted by molar-refractivity contribution is 6.21. The zero-order chi connectivity index (χ0) is 15.5. The molecule has 1 aromatic carbocycles. The van der Waals surface area contributed by atoms with Crippen LogP contribution in [0.15, 0.2) is 24.3 Å². The lowest BCUT2D eigenvalue weighted by Gasteiger charge is -2.44. The van der Waals surface area contributed by atoms with Gasteiger partial charge >= 0.3 is 0 Å². The summed E-state index contributed by atoms with van der Waals surface area (Å²) in [4.78, 5) is 2.12. The molecular formula is C17H26ClNO2. The summed E-state index contributed by atoms with van der Waals surface area (Å²) in [5.74, 6) is 0.849. The monoisotopic (exact) mass is 311 g/mol. The molecule has 0 aromatic heterocycles. The van der Waals surface area contributed by atoms with Crippen molar-refractivity contribution in [3.8, 4) is 5.75 Å². The van der Waals surface area contributed by atoms with Crippen molar-refractivity contribution in [3.05, 3.63) is 29.8 Å². The predicted octanol–water partition coefficient (Wildman–Crippen LogP) is 3.25. The number of rotatable bonds is 5. The van der Waals surface area contributed by atoms with Crippen molar-refractivity contribution in [2.75, 3.05) is 27.7 Å². The van der Waals surface area contributed by atoms with Gasteiger partial charge in [-0.15, -0.1) is 11.6 Å². The molecule has 1 aliphatic rings. The van der Waals surface area contributed by atoms with E-state index >= 15 is 0 Å². The molecule has 3 nitrogen and oxygen atoms in total. The van der Waals surface area contributed by atoms with Gasteiger partial charge in [0.25, 0.3) is 0 Å². The van der Waals surface area contributed by atoms with Gasteiger partial charge < -0.3 is 14.7 Å². The van der Waals surface area contributed by atoms with Gasteiger partial charge in [-0.2, -0.15) is 0 Å². The Morgan fingerprint density at radius 2 is 2.00 bits per heavy atom. The molecule has 0 saturated heterocycles. The van der Waals surface area contributed by atoms with Crippen LogP contribution in [0.5, 0.6) is 5.75 Å². The van der Waals surface area contributed by atoms with Gasteiger partial charge in [-0.1, -0.05) is 25.0 Å². The second kappa shape index (κ2) is 6.99. The van der Waals surface area contributed by atoms with Crippen LogP contribution in [0.2, 0.25) is 0 Å². The quantitative estimate of drug-likeness (QED) is 0.847. The number of ether oxygens (including phenoxy) is 1. The Morgan fingerprint density at radius 1 is 1.33 bits per heavy atom. The van der Waals surface area contributed by atoms with Crippen LogP contribution in [0.4, 0.5) is 0 Å². The van der Waals surface area contributed by atoms with Gasteiger partial charge in [-0.05, 0) is 44.6 Å². The average Bonchev–Trinajstić information content (AvgIpc) is 2.48. The molecular weight excluding hydrogens is 286 g/mol. The molecule has 1 N–H and O–H groups in total. The van der Waals surface area contributed by atoms with Crippen molar-refractivity contribution >= 4 is 11.6 Å². The summed E-state index contributed by atoms with van der Waals surface area (Å²) in [6.45, 7) is 0.784. The molecule has 0 heterocycles. The molecule has 1 fully saturated rings. The summed E-state index contributed by atoms with van der Waals surface area (Å²) in [7, 11) is 5.73. The summed E-state index contributed by atoms with van der Waals surface area (Å²) in [5, 5.41) is 11.1. The standard InChI is InChI=1S/C17H26ClNO2/c1-19(2)12-15(13-7-9-14(21-3)10-8-13)17(20)11-5-4-6-16(17)18/h7-10,15-16,20H,4-6,11-12H2,1-3H3. The molecule has 118 valence electrons. The minimum atomic E-state index is -0.835. The fourth-order valence-electron chi connectivity index (χ4n) is 3.28. The first-order valence-corrected chi connectivity index (χ1v) is 8.06. The first-order chi connectivity index (χ1) is 9.97. The minimum absolute atomic E-state index is 0.0150. The van der Waals surface area contributed by atoms with Gasteiger partial charge in [-0.3, -0.25) is 0 Å². The van der Waals surface area contributed by atoms with Crippen LogP contribution in [0.1, 0.15) is 37.2 Å². The summed E-state index contributed by atoms with van der Waals surface area (Å²) < 4.78 is 5.22. The Kier molecular flexibility index (Phi) is 5.53. The van der Waals surface area contributed by atoms with E-state index in [0.29, 0.717) is 0 Å². The van der Waals surface area contributed by atoms with Crippen LogP contribution in [0.25, 0.3) is 0 Å². The molecule has 1 aliphatic carbocycles. The van der Waals surface area contributed by atoms with Crippen molar-refractivity contribution in [2.24, 2.45) is 0 Å². The third-order valence-electron chi connectivity index (χ3n) is 4.50. The molecule has 21 heavy (non-hydrogen) atoms. The third kappa shape index (κ3) is 3.71. The zero-order valence-electron chi connectivity index (χ0n) is 13.2. The molecule has 0 radical (unpaired) electrons. The maximum Gasteiger partial charge on any atom is 0.118 e. The van der Waals surface area contributed by atoms with Crippen LogP contribution in [0, 0.1) is 0 Å². The predicted molar refractivity (Wildman–Crippen MR) is 87.3 cm³/mol. The molecule has 1 aromatic rings. The maximum absolute atomic E-state index is 11.2. The Morgan fingerprint density at radius 3 is 2.52 bits per heavy atom. The van der Waals surface area contributed by atoms with Gasteiger partial charge in [0, 0.05) is 12.5 Å². The summed E-state index contributed by atoms with van der Waals surface area (Å²) in [6, 6.07) is 7.99. The summed E-state index contributed by atoms with van der Waals surface area (Å²) in [5.41, 5.74) is 0.290. The number of likely N-dealkylation sites (N-methyl/N-ethyl adjacent to an activating group) is 1. The first kappa shape index (κ1) is 16.6. The van der Waals surface area contributed by atoms with Gasteiger partial charge in [-0.25, -0.2) is 0 Å². The van der Waals surface area contributed by atoms with E-state index in [-0.39, 0.29) is 11.3 Å². The molecule has 2 rings (SSSR count). The van der Waals surface area contributed by atoms with Crippen LogP contribution >= 0.6 is 11.6 Å². The van der Waals surface area contributed by atoms with E-state index in [0.717, 1.165) is 43.5 Å². The van der Waals surface area contributed by atoms with Crippen molar-refractivity contribution in [2.45, 2.75) is 42.6 Å². The van der Waals surface area contributed by atoms with E-state index in [2.05, 4.69) is 4.90 Å². The largest absolute Gasteiger partial charge is 0.497 e. The lowest BCUT2D eigenvalue weighted by molar-refractivity contribution is -0.0237. The van der Waals surface area contributed by atoms with Gasteiger partial charge in [0.2, 0.25) is 0 Å². The smallest absolute Gasteiger partial charge is 0.118 e. The van der Waals surface area contributed by atoms with Crippen molar-refractivity contribution in [1.29, 1.82) is 0 Å². The second-order valence-corrected chi connectivity index (χ2v) is 6.82. The van der Waals surface area contributed by atoms with E-state index in [1.165, 1.54) is 0 Å². The number of aliphatic hydroxyl groups is 1. The first-order valence-electron chi connectivity index (χ1n) is 7.62. The van der Waals surface area contributed by atoms with E-state index < -0.39 is 5.60 Å². The number of benzene rings is 1. The highest BCUT2D eigenvalue weighted by Gasteiger charge is 2.45. The summed E-state index contributed by atoms with van der Waals surface area (Å²) >= 11 is 6.52. The molecule has 3 atom stereocenters. The van der Waals surface area contributed by atoms with Crippen LogP contribution < -0.4 is 4.74 Å². The number of halogens is 1. The van der Waals surface area contributed by atoms with Crippen molar-refractivity contribution in [1.82, 2.24) is 4.90 Å². The number of hydrogen-bond acceptors (Lipinski definition) is 3. The highest BCUT2D eigenvalue weighted by Crippen LogP contribution is 2.43. The molecule has 0 spiro atoms. The normalized spacial score (nSPS) is 27.6. The molecule has 0 aliphatic heterocycles. The molecule has 0 bridgehead atoms. The summed E-state index contributed by atoms with van der Waals surface area (Å²) in [6.07, 6.45) is 3.80. The van der Waals surface area contributed by atoms with E-state index in [1.807, 2.05) is 38.4 Å². The Bertz CT molecular complexity index is 449. The molecule has 4 heteroatoms. The van der Waals surface area contributed by atoms with Gasteiger partial charge in [0.05, 0.1) is 18.1 Å². The van der Waals surface area contributed by atoms with E-state index in [1.54, 1.807) is 7.11 Å². The zero-order valence-corrected chi connectivity index (χ0v) is 13.9. The maximum atomic E-state index is 11.2. The minimum Gasteiger partial charge on any atom is -0.497 e. The lowest BCUT2D eigenvalue weighted by atomic mass is 9.72.